The number of halogens is 1. The van der Waals surface area contributed by atoms with Crippen LogP contribution in [0, 0.1) is 5.82 Å². The molecule has 0 radical (unpaired) electrons. The van der Waals surface area contributed by atoms with E-state index in [0.717, 1.165) is 0 Å². The lowest BCUT2D eigenvalue weighted by Crippen LogP contribution is -2.45. The van der Waals surface area contributed by atoms with E-state index in [9.17, 15) is 14.3 Å². The van der Waals surface area contributed by atoms with Gasteiger partial charge in [-0.25, -0.2) is 4.39 Å². The van der Waals surface area contributed by atoms with Crippen molar-refractivity contribution >= 4 is 5.91 Å². The van der Waals surface area contributed by atoms with Crippen LogP contribution in [0.15, 0.2) is 48.8 Å². The van der Waals surface area contributed by atoms with Crippen LogP contribution in [0.25, 0.3) is 0 Å². The zero-order valence-electron chi connectivity index (χ0n) is 14.0. The standard InChI is InChI=1S/C19H22FN3O2/c20-17-5-1-4-16(13-17)19(25)6-10-23(11-7-19)12-9-22-18(24)15-3-2-8-21-14-15/h1-5,8,13-14,25H,6-7,9-12H2,(H,22,24). The zero-order chi connectivity index (χ0) is 17.7. The minimum absolute atomic E-state index is 0.138. The fraction of sp³-hybridized carbons (Fsp3) is 0.368. The molecule has 25 heavy (non-hydrogen) atoms. The number of rotatable bonds is 5. The molecule has 1 aromatic heterocycles. The number of nitrogens with zero attached hydrogens (tertiary/aromatic N) is 2. The van der Waals surface area contributed by atoms with Crippen LogP contribution in [0.5, 0.6) is 0 Å². The summed E-state index contributed by atoms with van der Waals surface area (Å²) in [7, 11) is 0. The Hall–Kier alpha value is -2.31. The Labute approximate surface area is 146 Å². The van der Waals surface area contributed by atoms with Gasteiger partial charge in [0.2, 0.25) is 0 Å². The number of likely N-dealkylation sites (tertiary alicyclic amines) is 1. The highest BCUT2D eigenvalue weighted by molar-refractivity contribution is 5.93. The van der Waals surface area contributed by atoms with Crippen LogP contribution < -0.4 is 5.32 Å². The van der Waals surface area contributed by atoms with Crippen LogP contribution in [0.2, 0.25) is 0 Å². The van der Waals surface area contributed by atoms with Crippen molar-refractivity contribution < 1.29 is 14.3 Å². The highest BCUT2D eigenvalue weighted by Gasteiger charge is 2.33. The molecule has 0 spiro atoms. The molecule has 0 saturated carbocycles. The third-order valence-electron chi connectivity index (χ3n) is 4.68. The topological polar surface area (TPSA) is 65.5 Å². The number of aromatic nitrogens is 1. The molecule has 1 fully saturated rings. The van der Waals surface area contributed by atoms with E-state index in [0.29, 0.717) is 50.1 Å². The third-order valence-corrected chi connectivity index (χ3v) is 4.68. The number of carbonyl (C=O) groups is 1. The molecular formula is C19H22FN3O2. The lowest BCUT2D eigenvalue weighted by molar-refractivity contribution is -0.0257. The Morgan fingerprint density at radius 2 is 2.08 bits per heavy atom. The van der Waals surface area contributed by atoms with Crippen molar-refractivity contribution in [3.05, 3.63) is 65.7 Å². The summed E-state index contributed by atoms with van der Waals surface area (Å²) >= 11 is 0. The SMILES string of the molecule is O=C(NCCN1CCC(O)(c2cccc(F)c2)CC1)c1cccnc1. The number of piperidine rings is 1. The fourth-order valence-electron chi connectivity index (χ4n) is 3.14. The van der Waals surface area contributed by atoms with Gasteiger partial charge in [-0.3, -0.25) is 9.78 Å². The number of aliphatic hydroxyl groups is 1. The monoisotopic (exact) mass is 343 g/mol. The molecule has 0 aliphatic carbocycles. The van der Waals surface area contributed by atoms with E-state index in [-0.39, 0.29) is 11.7 Å². The average molecular weight is 343 g/mol. The average Bonchev–Trinajstić information content (AvgIpc) is 2.64. The maximum absolute atomic E-state index is 13.4. The fourth-order valence-corrected chi connectivity index (χ4v) is 3.14. The van der Waals surface area contributed by atoms with Crippen molar-refractivity contribution in [3.8, 4) is 0 Å². The van der Waals surface area contributed by atoms with Gasteiger partial charge in [-0.1, -0.05) is 12.1 Å². The van der Waals surface area contributed by atoms with Gasteiger partial charge in [0.05, 0.1) is 11.2 Å². The largest absolute Gasteiger partial charge is 0.385 e. The van der Waals surface area contributed by atoms with Crippen LogP contribution in [-0.2, 0) is 5.60 Å². The first-order valence-electron chi connectivity index (χ1n) is 8.46. The summed E-state index contributed by atoms with van der Waals surface area (Å²) in [5.74, 6) is -0.465. The van der Waals surface area contributed by atoms with Gasteiger partial charge in [0.1, 0.15) is 5.82 Å². The number of nitrogens with one attached hydrogen (secondary N) is 1. The molecule has 5 nitrogen and oxygen atoms in total. The molecule has 1 aliphatic rings. The van der Waals surface area contributed by atoms with Gasteiger partial charge in [-0.05, 0) is 42.7 Å². The quantitative estimate of drug-likeness (QED) is 0.871. The predicted octanol–water partition coefficient (Wildman–Crippen LogP) is 1.93. The number of carbonyl (C=O) groups excluding carboxylic acids is 1. The van der Waals surface area contributed by atoms with Gasteiger partial charge < -0.3 is 15.3 Å². The molecule has 3 rings (SSSR count). The van der Waals surface area contributed by atoms with Crippen molar-refractivity contribution in [1.82, 2.24) is 15.2 Å². The van der Waals surface area contributed by atoms with Crippen LogP contribution in [0.1, 0.15) is 28.8 Å². The first kappa shape index (κ1) is 17.5. The molecule has 1 amide bonds. The lowest BCUT2D eigenvalue weighted by atomic mass is 9.84. The van der Waals surface area contributed by atoms with Crippen molar-refractivity contribution in [2.24, 2.45) is 0 Å². The molecule has 1 aliphatic heterocycles. The van der Waals surface area contributed by atoms with Crippen molar-refractivity contribution in [2.75, 3.05) is 26.2 Å². The van der Waals surface area contributed by atoms with Gasteiger partial charge in [0.25, 0.3) is 5.91 Å². The number of benzene rings is 1. The van der Waals surface area contributed by atoms with E-state index in [4.69, 9.17) is 0 Å². The predicted molar refractivity (Wildman–Crippen MR) is 92.5 cm³/mol. The van der Waals surface area contributed by atoms with E-state index in [1.54, 1.807) is 30.5 Å². The van der Waals surface area contributed by atoms with Gasteiger partial charge in [0, 0.05) is 38.6 Å². The normalized spacial score (nSPS) is 17.2. The second-order valence-electron chi connectivity index (χ2n) is 6.38. The highest BCUT2D eigenvalue weighted by Crippen LogP contribution is 2.32. The minimum atomic E-state index is -0.975. The second kappa shape index (κ2) is 7.72. The molecule has 0 bridgehead atoms. The van der Waals surface area contributed by atoms with Crippen molar-refractivity contribution in [1.29, 1.82) is 0 Å². The lowest BCUT2D eigenvalue weighted by Gasteiger charge is -2.38. The van der Waals surface area contributed by atoms with E-state index in [1.807, 2.05) is 0 Å². The molecule has 132 valence electrons. The van der Waals surface area contributed by atoms with E-state index >= 15 is 0 Å². The molecule has 0 atom stereocenters. The molecule has 2 heterocycles. The Balaban J connectivity index is 1.46. The summed E-state index contributed by atoms with van der Waals surface area (Å²) in [4.78, 5) is 18.1. The maximum Gasteiger partial charge on any atom is 0.252 e. The van der Waals surface area contributed by atoms with Gasteiger partial charge >= 0.3 is 0 Å². The molecule has 2 aromatic rings. The van der Waals surface area contributed by atoms with Gasteiger partial charge in [-0.2, -0.15) is 0 Å². The van der Waals surface area contributed by atoms with Crippen LogP contribution in [-0.4, -0.2) is 47.1 Å². The summed E-state index contributed by atoms with van der Waals surface area (Å²) in [5.41, 5.74) is 0.205. The molecule has 0 unspecified atom stereocenters. The summed E-state index contributed by atoms with van der Waals surface area (Å²) in [5, 5.41) is 13.7. The van der Waals surface area contributed by atoms with Gasteiger partial charge in [0.15, 0.2) is 0 Å². The third kappa shape index (κ3) is 4.41. The summed E-state index contributed by atoms with van der Waals surface area (Å²) in [6.07, 6.45) is 4.26. The Bertz CT molecular complexity index is 716. The smallest absolute Gasteiger partial charge is 0.252 e. The molecule has 1 aromatic carbocycles. The van der Waals surface area contributed by atoms with Crippen LogP contribution in [0.3, 0.4) is 0 Å². The second-order valence-corrected chi connectivity index (χ2v) is 6.38. The highest BCUT2D eigenvalue weighted by atomic mass is 19.1. The number of hydrogen-bond acceptors (Lipinski definition) is 4. The molecule has 6 heteroatoms. The summed E-state index contributed by atoms with van der Waals surface area (Å²) in [6, 6.07) is 9.64. The molecule has 2 N–H and O–H groups in total. The van der Waals surface area contributed by atoms with Crippen LogP contribution >= 0.6 is 0 Å². The number of hydrogen-bond donors (Lipinski definition) is 2. The zero-order valence-corrected chi connectivity index (χ0v) is 14.0. The van der Waals surface area contributed by atoms with E-state index in [2.05, 4.69) is 15.2 Å². The van der Waals surface area contributed by atoms with Crippen molar-refractivity contribution in [2.45, 2.75) is 18.4 Å². The minimum Gasteiger partial charge on any atom is -0.385 e. The maximum atomic E-state index is 13.4. The first-order valence-corrected chi connectivity index (χ1v) is 8.46. The van der Waals surface area contributed by atoms with E-state index < -0.39 is 5.60 Å². The Morgan fingerprint density at radius 1 is 1.28 bits per heavy atom. The summed E-state index contributed by atoms with van der Waals surface area (Å²) in [6.45, 7) is 2.66. The Kier molecular flexibility index (Phi) is 5.40. The van der Waals surface area contributed by atoms with E-state index in [1.165, 1.54) is 18.3 Å². The number of pyridine rings is 1. The van der Waals surface area contributed by atoms with Crippen molar-refractivity contribution in [3.63, 3.8) is 0 Å². The Morgan fingerprint density at radius 3 is 2.76 bits per heavy atom. The number of amides is 1. The molecular weight excluding hydrogens is 321 g/mol. The van der Waals surface area contributed by atoms with Gasteiger partial charge in [-0.15, -0.1) is 0 Å². The van der Waals surface area contributed by atoms with Crippen LogP contribution in [0.4, 0.5) is 4.39 Å². The summed E-state index contributed by atoms with van der Waals surface area (Å²) < 4.78 is 13.4. The molecule has 1 saturated heterocycles. The first-order chi connectivity index (χ1) is 12.1.